The number of halogens is 2. The number of nitrogens with one attached hydrogen (secondary N) is 2. The third kappa shape index (κ3) is 8.27. The number of nitrogens with zero attached hydrogens (tertiary/aromatic N) is 1. The first-order chi connectivity index (χ1) is 23.0. The third-order valence-electron chi connectivity index (χ3n) is 8.48. The van der Waals surface area contributed by atoms with E-state index in [1.807, 2.05) is 36.4 Å². The lowest BCUT2D eigenvalue weighted by Gasteiger charge is -2.44. The van der Waals surface area contributed by atoms with Crippen LogP contribution in [0, 0.1) is 11.7 Å². The Balaban J connectivity index is 1.22. The van der Waals surface area contributed by atoms with Crippen molar-refractivity contribution in [1.29, 1.82) is 0 Å². The number of thiophene rings is 1. The molecule has 12 heteroatoms. The molecule has 1 unspecified atom stereocenters. The van der Waals surface area contributed by atoms with Gasteiger partial charge in [-0.2, -0.15) is 0 Å². The lowest BCUT2D eigenvalue weighted by molar-refractivity contribution is -0.124. The van der Waals surface area contributed by atoms with Gasteiger partial charge in [-0.1, -0.05) is 104 Å². The Labute approximate surface area is 291 Å². The molecule has 2 amide bonds. The van der Waals surface area contributed by atoms with E-state index in [0.717, 1.165) is 28.1 Å². The van der Waals surface area contributed by atoms with E-state index in [0.29, 0.717) is 28.1 Å². The van der Waals surface area contributed by atoms with Gasteiger partial charge in [-0.15, -0.1) is 0 Å². The SMILES string of the molecule is CC(C)(C)[Si](OCC1CCCN(c2ccc(NC[C@@H](O)CNC(=O)Oc3ccc(Cl)s3)c(F)c2)C1=O)(c1ccccc1)c1ccccc1. The monoisotopic (exact) mass is 709 g/mol. The minimum atomic E-state index is -2.82. The number of rotatable bonds is 12. The molecule has 254 valence electrons. The van der Waals surface area contributed by atoms with Crippen LogP contribution in [0.5, 0.6) is 5.06 Å². The molecule has 8 nitrogen and oxygen atoms in total. The van der Waals surface area contributed by atoms with Crippen LogP contribution < -0.4 is 30.6 Å². The molecular weight excluding hydrogens is 669 g/mol. The van der Waals surface area contributed by atoms with Crippen molar-refractivity contribution in [3.05, 3.63) is 101 Å². The second-order valence-corrected chi connectivity index (χ2v) is 18.8. The number of benzene rings is 3. The summed E-state index contributed by atoms with van der Waals surface area (Å²) < 4.78 is 27.9. The summed E-state index contributed by atoms with van der Waals surface area (Å²) in [6, 6.07) is 28.4. The molecule has 1 aliphatic heterocycles. The number of carbonyl (C=O) groups excluding carboxylic acids is 2. The minimum absolute atomic E-state index is 0.0221. The molecule has 3 N–H and O–H groups in total. The minimum Gasteiger partial charge on any atom is -0.407 e. The molecule has 1 fully saturated rings. The van der Waals surface area contributed by atoms with Gasteiger partial charge in [0.1, 0.15) is 5.82 Å². The van der Waals surface area contributed by atoms with E-state index in [1.54, 1.807) is 29.2 Å². The molecule has 1 aromatic heterocycles. The van der Waals surface area contributed by atoms with Crippen molar-refractivity contribution >= 4 is 65.0 Å². The summed E-state index contributed by atoms with van der Waals surface area (Å²) in [4.78, 5) is 27.5. The maximum atomic E-state index is 15.2. The number of ether oxygens (including phenoxy) is 1. The maximum absolute atomic E-state index is 15.2. The molecule has 48 heavy (non-hydrogen) atoms. The van der Waals surface area contributed by atoms with Crippen LogP contribution >= 0.6 is 22.9 Å². The van der Waals surface area contributed by atoms with E-state index in [2.05, 4.69) is 55.7 Å². The van der Waals surface area contributed by atoms with Crippen LogP contribution in [0.2, 0.25) is 9.37 Å². The Morgan fingerprint density at radius 3 is 2.29 bits per heavy atom. The molecule has 0 saturated carbocycles. The molecule has 0 aliphatic carbocycles. The van der Waals surface area contributed by atoms with Crippen molar-refractivity contribution in [2.75, 3.05) is 36.5 Å². The van der Waals surface area contributed by atoms with Gasteiger partial charge in [-0.25, -0.2) is 9.18 Å². The van der Waals surface area contributed by atoms with Crippen molar-refractivity contribution in [3.8, 4) is 5.06 Å². The van der Waals surface area contributed by atoms with E-state index in [4.69, 9.17) is 20.8 Å². The van der Waals surface area contributed by atoms with Crippen LogP contribution in [0.4, 0.5) is 20.6 Å². The van der Waals surface area contributed by atoms with Gasteiger partial charge in [-0.05, 0) is 58.6 Å². The number of aliphatic hydroxyl groups is 1. The first-order valence-corrected chi connectivity index (χ1v) is 19.1. The van der Waals surface area contributed by atoms with Gasteiger partial charge in [0.05, 0.1) is 22.0 Å². The molecule has 3 aromatic carbocycles. The zero-order valence-corrected chi connectivity index (χ0v) is 29.8. The first kappa shape index (κ1) is 35.6. The average Bonchev–Trinajstić information content (AvgIpc) is 3.48. The highest BCUT2D eigenvalue weighted by Crippen LogP contribution is 2.38. The predicted molar refractivity (Wildman–Crippen MR) is 193 cm³/mol. The van der Waals surface area contributed by atoms with Gasteiger partial charge in [-0.3, -0.25) is 4.79 Å². The van der Waals surface area contributed by atoms with Gasteiger partial charge in [0.25, 0.3) is 8.32 Å². The molecule has 1 aliphatic rings. The summed E-state index contributed by atoms with van der Waals surface area (Å²) in [7, 11) is -2.82. The van der Waals surface area contributed by atoms with Crippen molar-refractivity contribution < 1.29 is 28.2 Å². The summed E-state index contributed by atoms with van der Waals surface area (Å²) in [6.07, 6.45) is -0.285. The van der Waals surface area contributed by atoms with E-state index in [9.17, 15) is 14.7 Å². The zero-order valence-electron chi connectivity index (χ0n) is 27.2. The van der Waals surface area contributed by atoms with Crippen LogP contribution in [0.3, 0.4) is 0 Å². The Morgan fingerprint density at radius 2 is 1.71 bits per heavy atom. The molecule has 0 spiro atoms. The molecule has 2 atom stereocenters. The largest absolute Gasteiger partial charge is 0.413 e. The lowest BCUT2D eigenvalue weighted by atomic mass is 9.97. The van der Waals surface area contributed by atoms with Gasteiger partial charge in [0, 0.05) is 31.9 Å². The molecule has 1 saturated heterocycles. The van der Waals surface area contributed by atoms with Crippen LogP contribution in [-0.4, -0.2) is 57.8 Å². The summed E-state index contributed by atoms with van der Waals surface area (Å²) in [6.45, 7) is 7.25. The fourth-order valence-corrected chi connectivity index (χ4v) is 11.6. The highest BCUT2D eigenvalue weighted by Gasteiger charge is 2.50. The fourth-order valence-electron chi connectivity index (χ4n) is 6.14. The second-order valence-electron chi connectivity index (χ2n) is 12.8. The average molecular weight is 710 g/mol. The Morgan fingerprint density at radius 1 is 1.04 bits per heavy atom. The summed E-state index contributed by atoms with van der Waals surface area (Å²) in [5.74, 6) is -1.01. The number of amides is 2. The number of aliphatic hydroxyl groups excluding tert-OH is 1. The van der Waals surface area contributed by atoms with Gasteiger partial charge in [0.15, 0.2) is 5.06 Å². The quantitative estimate of drug-likeness (QED) is 0.147. The summed E-state index contributed by atoms with van der Waals surface area (Å²) in [5.41, 5.74) is 0.640. The Bertz CT molecular complexity index is 1650. The maximum Gasteiger partial charge on any atom is 0.413 e. The third-order valence-corrected chi connectivity index (χ3v) is 14.6. The Hall–Kier alpha value is -3.74. The lowest BCUT2D eigenvalue weighted by Crippen LogP contribution is -2.67. The Kier molecular flexibility index (Phi) is 11.6. The smallest absolute Gasteiger partial charge is 0.407 e. The summed E-state index contributed by atoms with van der Waals surface area (Å²) >= 11 is 6.95. The van der Waals surface area contributed by atoms with E-state index in [1.165, 1.54) is 6.07 Å². The molecule has 0 bridgehead atoms. The summed E-state index contributed by atoms with van der Waals surface area (Å²) in [5, 5.41) is 18.1. The number of piperidine rings is 1. The molecule has 2 heterocycles. The normalized spacial score (nSPS) is 16.0. The zero-order chi connectivity index (χ0) is 34.3. The van der Waals surface area contributed by atoms with Gasteiger partial charge >= 0.3 is 6.09 Å². The molecular formula is C36H41ClFN3O5SSi. The van der Waals surface area contributed by atoms with Crippen LogP contribution in [0.25, 0.3) is 0 Å². The van der Waals surface area contributed by atoms with Gasteiger partial charge in [0.2, 0.25) is 5.91 Å². The number of hydrogen-bond donors (Lipinski definition) is 3. The van der Waals surface area contributed by atoms with Crippen LogP contribution in [0.1, 0.15) is 33.6 Å². The highest BCUT2D eigenvalue weighted by atomic mass is 35.5. The highest BCUT2D eigenvalue weighted by molar-refractivity contribution is 7.17. The standard InChI is InChI=1S/C36H41ClFN3O5SSi/c1-36(2,3)48(28-12-6-4-7-13-28,29-14-8-5-9-15-29)45-24-25-11-10-20-41(34(25)43)26-16-17-31(30(38)21-26)39-22-27(42)23-40-35(44)46-33-19-18-32(37)47-33/h4-9,12-19,21,25,27,39,42H,10-11,20,22-24H2,1-3H3,(H,40,44)/t25?,27-/m1/s1. The number of carbonyl (C=O) groups is 2. The molecule has 4 aromatic rings. The van der Waals surface area contributed by atoms with E-state index >= 15 is 4.39 Å². The molecule has 0 radical (unpaired) electrons. The van der Waals surface area contributed by atoms with Gasteiger partial charge < -0.3 is 29.8 Å². The topological polar surface area (TPSA) is 100 Å². The van der Waals surface area contributed by atoms with Crippen molar-refractivity contribution in [3.63, 3.8) is 0 Å². The van der Waals surface area contributed by atoms with Crippen LogP contribution in [-0.2, 0) is 9.22 Å². The van der Waals surface area contributed by atoms with Crippen LogP contribution in [0.15, 0.2) is 91.0 Å². The number of anilines is 2. The predicted octanol–water partition coefficient (Wildman–Crippen LogP) is 6.42. The fraction of sp³-hybridized carbons (Fsp3) is 0.333. The molecule has 5 rings (SSSR count). The number of hydrogen-bond acceptors (Lipinski definition) is 7. The van der Waals surface area contributed by atoms with Crippen molar-refractivity contribution in [2.24, 2.45) is 5.92 Å². The first-order valence-electron chi connectivity index (χ1n) is 16.0. The second kappa shape index (κ2) is 15.6. The van der Waals surface area contributed by atoms with Crippen molar-refractivity contribution in [1.82, 2.24) is 5.32 Å². The van der Waals surface area contributed by atoms with E-state index < -0.39 is 26.3 Å². The van der Waals surface area contributed by atoms with E-state index in [-0.39, 0.29) is 42.2 Å². The van der Waals surface area contributed by atoms with Crippen molar-refractivity contribution in [2.45, 2.75) is 44.8 Å².